The molecule has 0 spiro atoms. The summed E-state index contributed by atoms with van der Waals surface area (Å²) < 4.78 is 27.4. The molecular weight excluding hydrogens is 370 g/mol. The Kier molecular flexibility index (Phi) is 8.75. The van der Waals surface area contributed by atoms with E-state index in [9.17, 15) is 14.4 Å². The monoisotopic (exact) mass is 396 g/mol. The fraction of sp³-hybridized carbons (Fsp3) is 0.812. The average molecular weight is 397 g/mol. The highest BCUT2D eigenvalue weighted by molar-refractivity contribution is 6.16. The molecule has 0 aromatic heterocycles. The summed E-state index contributed by atoms with van der Waals surface area (Å²) in [5.74, 6) is -1.78. The lowest BCUT2D eigenvalue weighted by atomic mass is 10.0. The van der Waals surface area contributed by atoms with Crippen molar-refractivity contribution >= 4 is 29.5 Å². The van der Waals surface area contributed by atoms with Gasteiger partial charge in [-0.05, 0) is 0 Å². The molecule has 0 bridgehead atoms. The summed E-state index contributed by atoms with van der Waals surface area (Å²) in [5.41, 5.74) is 0. The molecule has 1 saturated heterocycles. The highest BCUT2D eigenvalue weighted by Gasteiger charge is 2.47. The minimum absolute atomic E-state index is 0.0618. The van der Waals surface area contributed by atoms with E-state index in [0.717, 1.165) is 0 Å². The third kappa shape index (κ3) is 7.45. The van der Waals surface area contributed by atoms with E-state index in [1.165, 1.54) is 20.8 Å². The molecule has 0 amide bonds. The predicted molar refractivity (Wildman–Crippen MR) is 90.0 cm³/mol. The molecule has 0 radical (unpaired) electrons. The second kappa shape index (κ2) is 10.1. The van der Waals surface area contributed by atoms with Crippen LogP contribution in [0.2, 0.25) is 0 Å². The highest BCUT2D eigenvalue weighted by atomic mass is 35.5. The van der Waals surface area contributed by atoms with Crippen LogP contribution in [0.4, 0.5) is 0 Å². The van der Waals surface area contributed by atoms with Gasteiger partial charge < -0.3 is 28.2 Å². The lowest BCUT2D eigenvalue weighted by molar-refractivity contribution is -0.879. The molecule has 1 heterocycles. The van der Waals surface area contributed by atoms with Crippen molar-refractivity contribution in [3.05, 3.63) is 0 Å². The number of esters is 3. The standard InChI is InChI=1S/C16H27ClNO8/c1-10(19)24-13-8-23-16(22-7-6-18(4,5)9-17)15(26-12(3)21)14(13)25-11(2)20/h13-16H,6-9H2,1-5H3/q+1/t13-,14+,15?,16-/m1/s1. The molecule has 9 nitrogen and oxygen atoms in total. The molecule has 1 fully saturated rings. The maximum Gasteiger partial charge on any atom is 0.303 e. The fourth-order valence-electron chi connectivity index (χ4n) is 2.33. The molecule has 26 heavy (non-hydrogen) atoms. The van der Waals surface area contributed by atoms with Gasteiger partial charge in [-0.2, -0.15) is 0 Å². The highest BCUT2D eigenvalue weighted by Crippen LogP contribution is 2.25. The summed E-state index contributed by atoms with van der Waals surface area (Å²) in [7, 11) is 3.86. The van der Waals surface area contributed by atoms with E-state index in [0.29, 0.717) is 17.0 Å². The van der Waals surface area contributed by atoms with Crippen LogP contribution >= 0.6 is 11.6 Å². The zero-order valence-electron chi connectivity index (χ0n) is 15.7. The molecule has 0 aliphatic carbocycles. The number of carbonyl (C=O) groups excluding carboxylic acids is 3. The van der Waals surface area contributed by atoms with E-state index in [1.807, 2.05) is 14.1 Å². The number of nitrogens with zero attached hydrogens (tertiary/aromatic N) is 1. The second-order valence-corrected chi connectivity index (χ2v) is 6.89. The molecule has 1 aliphatic heterocycles. The number of hydrogen-bond donors (Lipinski definition) is 0. The first-order valence-corrected chi connectivity index (χ1v) is 8.72. The van der Waals surface area contributed by atoms with Crippen molar-refractivity contribution in [2.75, 3.05) is 39.9 Å². The number of rotatable bonds is 8. The average Bonchev–Trinajstić information content (AvgIpc) is 2.51. The van der Waals surface area contributed by atoms with E-state index < -0.39 is 42.5 Å². The van der Waals surface area contributed by atoms with Gasteiger partial charge >= 0.3 is 17.9 Å². The molecule has 150 valence electrons. The Morgan fingerprint density at radius 3 is 2.04 bits per heavy atom. The lowest BCUT2D eigenvalue weighted by Crippen LogP contribution is -2.58. The van der Waals surface area contributed by atoms with Gasteiger partial charge in [0.05, 0.1) is 27.3 Å². The zero-order valence-corrected chi connectivity index (χ0v) is 16.5. The molecule has 1 aliphatic rings. The topological polar surface area (TPSA) is 97.4 Å². The Morgan fingerprint density at radius 2 is 1.54 bits per heavy atom. The minimum Gasteiger partial charge on any atom is -0.456 e. The van der Waals surface area contributed by atoms with Gasteiger partial charge in [0.15, 0.2) is 30.6 Å². The summed E-state index contributed by atoms with van der Waals surface area (Å²) in [6.07, 6.45) is -3.98. The number of ether oxygens (including phenoxy) is 5. The number of alkyl halides is 1. The number of hydrogen-bond acceptors (Lipinski definition) is 8. The molecule has 1 unspecified atom stereocenters. The summed E-state index contributed by atoms with van der Waals surface area (Å²) in [6.45, 7) is 4.44. The van der Waals surface area contributed by atoms with E-state index >= 15 is 0 Å². The Hall–Kier alpha value is -1.42. The van der Waals surface area contributed by atoms with Crippen LogP contribution < -0.4 is 0 Å². The molecule has 4 atom stereocenters. The molecule has 1 rings (SSSR count). The normalized spacial score (nSPS) is 26.1. The Bertz CT molecular complexity index is 512. The van der Waals surface area contributed by atoms with Crippen molar-refractivity contribution in [2.24, 2.45) is 0 Å². The van der Waals surface area contributed by atoms with E-state index in [-0.39, 0.29) is 13.2 Å². The fourth-order valence-corrected chi connectivity index (χ4v) is 2.45. The largest absolute Gasteiger partial charge is 0.456 e. The third-order valence-corrected chi connectivity index (χ3v) is 4.25. The van der Waals surface area contributed by atoms with Crippen molar-refractivity contribution in [1.82, 2.24) is 0 Å². The number of halogens is 1. The maximum absolute atomic E-state index is 11.5. The van der Waals surface area contributed by atoms with Gasteiger partial charge in [-0.15, -0.1) is 0 Å². The van der Waals surface area contributed by atoms with Gasteiger partial charge in [0.2, 0.25) is 0 Å². The van der Waals surface area contributed by atoms with Gasteiger partial charge in [-0.1, -0.05) is 11.6 Å². The number of likely N-dealkylation sites (N-methyl/N-ethyl adjacent to an activating group) is 1. The van der Waals surface area contributed by atoms with Crippen LogP contribution in [0.25, 0.3) is 0 Å². The first kappa shape index (κ1) is 22.6. The maximum atomic E-state index is 11.5. The van der Waals surface area contributed by atoms with Crippen LogP contribution in [-0.2, 0) is 38.1 Å². The third-order valence-electron chi connectivity index (χ3n) is 3.61. The molecular formula is C16H27ClNO8+. The minimum atomic E-state index is -1.07. The summed E-state index contributed by atoms with van der Waals surface area (Å²) in [6, 6.07) is 0.396. The first-order valence-electron chi connectivity index (χ1n) is 8.18. The Labute approximate surface area is 158 Å². The van der Waals surface area contributed by atoms with E-state index in [2.05, 4.69) is 0 Å². The van der Waals surface area contributed by atoms with Crippen LogP contribution in [0.1, 0.15) is 20.8 Å². The SMILES string of the molecule is CC(=O)OC1[C@H](OCC[N+](C)(C)CCl)OC[C@@H](OC(C)=O)[C@@H]1OC(C)=O. The van der Waals surface area contributed by atoms with E-state index in [1.54, 1.807) is 0 Å². The van der Waals surface area contributed by atoms with E-state index in [4.69, 9.17) is 35.3 Å². The molecule has 10 heteroatoms. The van der Waals surface area contributed by atoms with Gasteiger partial charge in [-0.3, -0.25) is 14.4 Å². The molecule has 0 aromatic rings. The van der Waals surface area contributed by atoms with Crippen molar-refractivity contribution in [1.29, 1.82) is 0 Å². The Morgan fingerprint density at radius 1 is 1.00 bits per heavy atom. The van der Waals surface area contributed by atoms with Crippen molar-refractivity contribution < 1.29 is 42.6 Å². The van der Waals surface area contributed by atoms with Crippen molar-refractivity contribution in [2.45, 2.75) is 45.4 Å². The lowest BCUT2D eigenvalue weighted by Gasteiger charge is -2.40. The Balaban J connectivity index is 2.90. The van der Waals surface area contributed by atoms with Crippen LogP contribution in [0.15, 0.2) is 0 Å². The molecule has 0 N–H and O–H groups in total. The molecule has 0 saturated carbocycles. The smallest absolute Gasteiger partial charge is 0.303 e. The van der Waals surface area contributed by atoms with Crippen LogP contribution in [0, 0.1) is 0 Å². The van der Waals surface area contributed by atoms with Gasteiger partial charge in [0, 0.05) is 20.8 Å². The number of quaternary nitrogens is 1. The van der Waals surface area contributed by atoms with Crippen molar-refractivity contribution in [3.63, 3.8) is 0 Å². The van der Waals surface area contributed by atoms with Crippen LogP contribution in [0.3, 0.4) is 0 Å². The zero-order chi connectivity index (χ0) is 19.9. The van der Waals surface area contributed by atoms with Gasteiger partial charge in [0.1, 0.15) is 6.54 Å². The second-order valence-electron chi connectivity index (χ2n) is 6.65. The van der Waals surface area contributed by atoms with Crippen LogP contribution in [-0.4, -0.2) is 86.9 Å². The van der Waals surface area contributed by atoms with Crippen LogP contribution in [0.5, 0.6) is 0 Å². The number of carbonyl (C=O) groups is 3. The predicted octanol–water partition coefficient (Wildman–Crippen LogP) is 0.427. The molecule has 0 aromatic carbocycles. The quantitative estimate of drug-likeness (QED) is 0.191. The van der Waals surface area contributed by atoms with Gasteiger partial charge in [0.25, 0.3) is 0 Å². The van der Waals surface area contributed by atoms with Crippen molar-refractivity contribution in [3.8, 4) is 0 Å². The summed E-state index contributed by atoms with van der Waals surface area (Å²) in [4.78, 5) is 34.3. The van der Waals surface area contributed by atoms with Gasteiger partial charge in [-0.25, -0.2) is 0 Å². The first-order chi connectivity index (χ1) is 12.1. The summed E-state index contributed by atoms with van der Waals surface area (Å²) >= 11 is 5.87. The summed E-state index contributed by atoms with van der Waals surface area (Å²) in [5, 5.41) is 0.